The topological polar surface area (TPSA) is 73.6 Å². The molecule has 0 heterocycles. The van der Waals surface area contributed by atoms with Crippen molar-refractivity contribution in [3.05, 3.63) is 22.2 Å². The lowest BCUT2D eigenvalue weighted by Gasteiger charge is -2.19. The number of amides is 1. The predicted octanol–water partition coefficient (Wildman–Crippen LogP) is 3.34. The summed E-state index contributed by atoms with van der Waals surface area (Å²) in [5.74, 6) is -0.341. The van der Waals surface area contributed by atoms with Crippen LogP contribution in [0.1, 0.15) is 20.8 Å². The molecule has 118 valence electrons. The number of anilines is 2. The number of ether oxygens (including phenoxy) is 2. The normalized spacial score (nSPS) is 13.8. The fourth-order valence-corrected chi connectivity index (χ4v) is 2.27. The van der Waals surface area contributed by atoms with Crippen LogP contribution >= 0.6 is 23.2 Å². The van der Waals surface area contributed by atoms with Crippen LogP contribution in [0.4, 0.5) is 11.4 Å². The molecule has 0 bridgehead atoms. The van der Waals surface area contributed by atoms with Crippen molar-refractivity contribution in [2.24, 2.45) is 0 Å². The minimum Gasteiger partial charge on any atom is -0.399 e. The molecule has 5 nitrogen and oxygen atoms in total. The Morgan fingerprint density at radius 3 is 2.43 bits per heavy atom. The second-order valence-electron chi connectivity index (χ2n) is 4.60. The molecule has 2 atom stereocenters. The molecule has 0 aliphatic rings. The summed E-state index contributed by atoms with van der Waals surface area (Å²) in [5.41, 5.74) is 6.36. The molecule has 1 aromatic carbocycles. The van der Waals surface area contributed by atoms with E-state index in [1.54, 1.807) is 6.92 Å². The molecule has 2 unspecified atom stereocenters. The molecule has 0 aliphatic carbocycles. The highest BCUT2D eigenvalue weighted by atomic mass is 35.5. The first-order chi connectivity index (χ1) is 9.85. The first-order valence-electron chi connectivity index (χ1n) is 6.63. The highest BCUT2D eigenvalue weighted by Gasteiger charge is 2.19. The highest BCUT2D eigenvalue weighted by molar-refractivity contribution is 6.40. The maximum absolute atomic E-state index is 12.1. The summed E-state index contributed by atoms with van der Waals surface area (Å²) in [7, 11) is 0. The van der Waals surface area contributed by atoms with Crippen LogP contribution in [0.2, 0.25) is 10.0 Å². The predicted molar refractivity (Wildman–Crippen MR) is 86.0 cm³/mol. The molecule has 0 aliphatic heterocycles. The number of rotatable bonds is 7. The van der Waals surface area contributed by atoms with E-state index in [2.05, 4.69) is 5.32 Å². The largest absolute Gasteiger partial charge is 0.399 e. The summed E-state index contributed by atoms with van der Waals surface area (Å²) in [6.07, 6.45) is -0.854. The zero-order valence-corrected chi connectivity index (χ0v) is 13.8. The van der Waals surface area contributed by atoms with E-state index in [-0.39, 0.29) is 22.1 Å². The average Bonchev–Trinajstić information content (AvgIpc) is 2.40. The molecule has 0 saturated heterocycles. The molecular formula is C14H20Cl2N2O3. The number of carbonyl (C=O) groups excluding carboxylic acids is 1. The van der Waals surface area contributed by atoms with Crippen molar-refractivity contribution in [2.75, 3.05) is 24.3 Å². The van der Waals surface area contributed by atoms with E-state index in [0.717, 1.165) is 0 Å². The Kier molecular flexibility index (Phi) is 7.25. The molecule has 1 amide bonds. The first-order valence-corrected chi connectivity index (χ1v) is 7.39. The van der Waals surface area contributed by atoms with Crippen molar-refractivity contribution in [3.63, 3.8) is 0 Å². The Hall–Kier alpha value is -1.01. The van der Waals surface area contributed by atoms with Gasteiger partial charge in [-0.1, -0.05) is 23.2 Å². The second-order valence-corrected chi connectivity index (χ2v) is 5.41. The van der Waals surface area contributed by atoms with Crippen molar-refractivity contribution in [1.29, 1.82) is 0 Å². The van der Waals surface area contributed by atoms with Crippen LogP contribution in [0, 0.1) is 0 Å². The van der Waals surface area contributed by atoms with Gasteiger partial charge in [0, 0.05) is 12.3 Å². The standard InChI is InChI=1S/C14H20Cl2N2O3/c1-4-20-7-8(2)21-9(3)14(19)18-13-11(15)5-10(17)6-12(13)16/h5-6,8-9H,4,7,17H2,1-3H3,(H,18,19). The summed E-state index contributed by atoms with van der Waals surface area (Å²) < 4.78 is 10.8. The lowest BCUT2D eigenvalue weighted by Crippen LogP contribution is -2.32. The van der Waals surface area contributed by atoms with Crippen LogP contribution in [-0.4, -0.2) is 31.3 Å². The van der Waals surface area contributed by atoms with Gasteiger partial charge in [-0.25, -0.2) is 0 Å². The van der Waals surface area contributed by atoms with Crippen molar-refractivity contribution >= 4 is 40.5 Å². The van der Waals surface area contributed by atoms with Gasteiger partial charge in [0.05, 0.1) is 28.4 Å². The minimum atomic E-state index is -0.662. The molecule has 1 rings (SSSR count). The number of nitrogens with one attached hydrogen (secondary N) is 1. The summed E-state index contributed by atoms with van der Waals surface area (Å²) in [6, 6.07) is 3.04. The number of nitrogen functional groups attached to an aromatic ring is 1. The maximum Gasteiger partial charge on any atom is 0.253 e. The average molecular weight is 335 g/mol. The second kappa shape index (κ2) is 8.44. The van der Waals surface area contributed by atoms with E-state index >= 15 is 0 Å². The Morgan fingerprint density at radius 2 is 1.90 bits per heavy atom. The third-order valence-electron chi connectivity index (χ3n) is 2.67. The first kappa shape index (κ1) is 18.0. The monoisotopic (exact) mass is 334 g/mol. The molecule has 1 aromatic rings. The Morgan fingerprint density at radius 1 is 1.33 bits per heavy atom. The zero-order chi connectivity index (χ0) is 16.0. The lowest BCUT2D eigenvalue weighted by molar-refractivity contribution is -0.131. The molecule has 0 fully saturated rings. The van der Waals surface area contributed by atoms with Crippen molar-refractivity contribution in [1.82, 2.24) is 0 Å². The molecule has 0 spiro atoms. The van der Waals surface area contributed by atoms with Gasteiger partial charge in [-0.05, 0) is 32.9 Å². The van der Waals surface area contributed by atoms with E-state index in [4.69, 9.17) is 38.4 Å². The van der Waals surface area contributed by atoms with Gasteiger partial charge in [-0.3, -0.25) is 4.79 Å². The van der Waals surface area contributed by atoms with Crippen LogP contribution < -0.4 is 11.1 Å². The fraction of sp³-hybridized carbons (Fsp3) is 0.500. The number of carbonyl (C=O) groups is 1. The van der Waals surface area contributed by atoms with Gasteiger partial charge in [0.25, 0.3) is 5.91 Å². The van der Waals surface area contributed by atoms with Crippen molar-refractivity contribution < 1.29 is 14.3 Å². The number of benzene rings is 1. The number of hydrogen-bond donors (Lipinski definition) is 2. The van der Waals surface area contributed by atoms with E-state index in [1.807, 2.05) is 13.8 Å². The molecule has 21 heavy (non-hydrogen) atoms. The Balaban J connectivity index is 2.64. The van der Waals surface area contributed by atoms with Crippen molar-refractivity contribution in [3.8, 4) is 0 Å². The number of halogens is 2. The van der Waals surface area contributed by atoms with Gasteiger partial charge in [0.15, 0.2) is 0 Å². The molecular weight excluding hydrogens is 315 g/mol. The van der Waals surface area contributed by atoms with Gasteiger partial charge in [0.1, 0.15) is 6.10 Å². The van der Waals surface area contributed by atoms with Crippen LogP contribution in [0.15, 0.2) is 12.1 Å². The van der Waals surface area contributed by atoms with Crippen LogP contribution in [0.5, 0.6) is 0 Å². The fourth-order valence-electron chi connectivity index (χ4n) is 1.67. The van der Waals surface area contributed by atoms with Gasteiger partial charge < -0.3 is 20.5 Å². The van der Waals surface area contributed by atoms with Crippen LogP contribution in [0.25, 0.3) is 0 Å². The van der Waals surface area contributed by atoms with Gasteiger partial charge >= 0.3 is 0 Å². The summed E-state index contributed by atoms with van der Waals surface area (Å²) in [6.45, 7) is 6.41. The van der Waals surface area contributed by atoms with E-state index in [1.165, 1.54) is 12.1 Å². The minimum absolute atomic E-state index is 0.192. The molecule has 0 aromatic heterocycles. The SMILES string of the molecule is CCOCC(C)OC(C)C(=O)Nc1c(Cl)cc(N)cc1Cl. The molecule has 7 heteroatoms. The summed E-state index contributed by atoms with van der Waals surface area (Å²) in [5, 5.41) is 3.20. The summed E-state index contributed by atoms with van der Waals surface area (Å²) >= 11 is 12.0. The quantitative estimate of drug-likeness (QED) is 0.750. The van der Waals surface area contributed by atoms with E-state index in [0.29, 0.717) is 24.6 Å². The van der Waals surface area contributed by atoms with E-state index < -0.39 is 6.10 Å². The number of hydrogen-bond acceptors (Lipinski definition) is 4. The smallest absolute Gasteiger partial charge is 0.253 e. The van der Waals surface area contributed by atoms with Gasteiger partial charge in [-0.15, -0.1) is 0 Å². The highest BCUT2D eigenvalue weighted by Crippen LogP contribution is 2.32. The van der Waals surface area contributed by atoms with Gasteiger partial charge in [0.2, 0.25) is 0 Å². The van der Waals surface area contributed by atoms with E-state index in [9.17, 15) is 4.79 Å². The third-order valence-corrected chi connectivity index (χ3v) is 3.27. The molecule has 3 N–H and O–H groups in total. The van der Waals surface area contributed by atoms with Crippen LogP contribution in [0.3, 0.4) is 0 Å². The van der Waals surface area contributed by atoms with Crippen molar-refractivity contribution in [2.45, 2.75) is 33.0 Å². The Bertz CT molecular complexity index is 474. The molecule has 0 radical (unpaired) electrons. The zero-order valence-electron chi connectivity index (χ0n) is 12.3. The number of nitrogens with two attached hydrogens (primary N) is 1. The van der Waals surface area contributed by atoms with Gasteiger partial charge in [-0.2, -0.15) is 0 Å². The molecule has 0 saturated carbocycles. The summed E-state index contributed by atoms with van der Waals surface area (Å²) in [4.78, 5) is 12.1. The van der Waals surface area contributed by atoms with Crippen LogP contribution in [-0.2, 0) is 14.3 Å². The third kappa shape index (κ3) is 5.71. The maximum atomic E-state index is 12.1. The Labute approximate surface area is 134 Å². The lowest BCUT2D eigenvalue weighted by atomic mass is 10.2.